The Morgan fingerprint density at radius 1 is 0.722 bits per heavy atom. The van der Waals surface area contributed by atoms with Gasteiger partial charge < -0.3 is 12.4 Å². The first-order valence-electron chi connectivity index (χ1n) is 12.8. The van der Waals surface area contributed by atoms with Crippen molar-refractivity contribution in [3.8, 4) is 11.5 Å². The number of fused-ring (bicyclic) bond motifs is 1. The van der Waals surface area contributed by atoms with E-state index in [0.29, 0.717) is 23.6 Å². The fraction of sp³-hybridized carbons (Fsp3) is 0.533. The van der Waals surface area contributed by atoms with Crippen molar-refractivity contribution in [1.29, 1.82) is 0 Å². The summed E-state index contributed by atoms with van der Waals surface area (Å²) in [7, 11) is 0. The number of aromatic hydroxyl groups is 2. The molecular weight excluding hydrogens is 515 g/mol. The molecule has 4 nitrogen and oxygen atoms in total. The Morgan fingerprint density at radius 2 is 1.08 bits per heavy atom. The second-order valence-electron chi connectivity index (χ2n) is 12.4. The van der Waals surface area contributed by atoms with E-state index >= 15 is 0 Å². The van der Waals surface area contributed by atoms with Gasteiger partial charge in [-0.25, -0.2) is 0 Å². The van der Waals surface area contributed by atoms with Gasteiger partial charge in [0.05, 0.1) is 0 Å². The van der Waals surface area contributed by atoms with Crippen molar-refractivity contribution in [1.82, 2.24) is 0 Å². The van der Waals surface area contributed by atoms with Gasteiger partial charge in [-0.05, 0) is 0 Å². The largest absolute Gasteiger partial charge is 1.00 e. The molecule has 0 spiro atoms. The van der Waals surface area contributed by atoms with Crippen LogP contribution in [0, 0.1) is 13.8 Å². The Hall–Kier alpha value is -1.82. The Bertz CT molecular complexity index is 1110. The second kappa shape index (κ2) is 10.5. The molecule has 1 aliphatic heterocycles. The minimum atomic E-state index is -0.123. The average Bonchev–Trinajstić information content (AvgIpc) is 3.08. The summed E-state index contributed by atoms with van der Waals surface area (Å²) in [5, 5.41) is 22.3. The summed E-state index contributed by atoms with van der Waals surface area (Å²) in [6.07, 6.45) is 9.05. The van der Waals surface area contributed by atoms with Gasteiger partial charge in [0.2, 0.25) is 0 Å². The number of hydrogen-bond acceptors (Lipinski definition) is 2. The second-order valence-corrected chi connectivity index (χ2v) is 13.7. The summed E-state index contributed by atoms with van der Waals surface area (Å²) in [6.45, 7) is 17.1. The summed E-state index contributed by atoms with van der Waals surface area (Å²) in [5.74, 6) is 0.775. The molecule has 2 aliphatic rings. The molecule has 2 fully saturated rings. The van der Waals surface area contributed by atoms with E-state index in [9.17, 15) is 10.2 Å². The molecule has 199 valence electrons. The summed E-state index contributed by atoms with van der Waals surface area (Å²) in [6, 6.07) is 9.17. The molecule has 2 N–H and O–H groups in total. The van der Waals surface area contributed by atoms with E-state index in [1.807, 2.05) is 0 Å². The van der Waals surface area contributed by atoms with Gasteiger partial charge in [-0.3, -0.25) is 0 Å². The van der Waals surface area contributed by atoms with Crippen LogP contribution in [0.5, 0.6) is 11.5 Å². The maximum absolute atomic E-state index is 11.2. The fourth-order valence-electron chi connectivity index (χ4n) is 5.27. The monoisotopic (exact) mass is 556 g/mol. The first kappa shape index (κ1) is 28.7. The van der Waals surface area contributed by atoms with Gasteiger partial charge in [-0.1, -0.05) is 0 Å². The fourth-order valence-corrected chi connectivity index (χ4v) is 6.89. The number of halogens is 1. The molecule has 36 heavy (non-hydrogen) atoms. The van der Waals surface area contributed by atoms with Gasteiger partial charge in [-0.2, -0.15) is 0 Å². The van der Waals surface area contributed by atoms with Gasteiger partial charge in [0.15, 0.2) is 0 Å². The van der Waals surface area contributed by atoms with E-state index in [2.05, 4.69) is 99.3 Å². The minimum absolute atomic E-state index is 0. The predicted octanol–water partition coefficient (Wildman–Crippen LogP) is 3.11. The third-order valence-electron chi connectivity index (χ3n) is 7.15. The standard InChI is InChI=1S/C30H42N2O2.ClH.Co/c1-19-13-21(27(33)23(15-19)29(3,4)5)17-31-25-11-9-10-12-26(25)32-18-22-14-20(2)16-24(28(22)34)30(6,7)8;;/h13-18,25-26,33-34H,9-12H2,1-8H3;1H;/q;;+2/p-1/t25-,26-;;/m1../s1. The van der Waals surface area contributed by atoms with Crippen LogP contribution in [0.15, 0.2) is 24.3 Å². The predicted molar refractivity (Wildman–Crippen MR) is 140 cm³/mol. The zero-order valence-electron chi connectivity index (χ0n) is 22.9. The quantitative estimate of drug-likeness (QED) is 0.597. The normalized spacial score (nSPS) is 22.8. The van der Waals surface area contributed by atoms with Gasteiger partial charge in [0.25, 0.3) is 0 Å². The van der Waals surface area contributed by atoms with Gasteiger partial charge in [0, 0.05) is 0 Å². The molecule has 1 saturated carbocycles. The van der Waals surface area contributed by atoms with E-state index in [1.165, 1.54) is 12.8 Å². The van der Waals surface area contributed by atoms with Crippen LogP contribution in [0.1, 0.15) is 101 Å². The molecule has 0 radical (unpaired) electrons. The SMILES string of the molecule is Cc1cc(C=[N+]2[Co][N+](=Cc3cc(C)cc(C(C)(C)C)c3O)[C@@H]3CCCC[C@H]32)c(O)c(C(C)(C)C)c1.[Cl-]. The van der Waals surface area contributed by atoms with Crippen molar-refractivity contribution in [3.05, 3.63) is 57.6 Å². The number of phenolic OH excluding ortho intramolecular Hbond substituents is 2. The van der Waals surface area contributed by atoms with Crippen molar-refractivity contribution >= 4 is 12.4 Å². The molecule has 1 aliphatic carbocycles. The molecule has 0 unspecified atom stereocenters. The molecule has 1 heterocycles. The van der Waals surface area contributed by atoms with Crippen LogP contribution in [0.2, 0.25) is 0 Å². The number of benzene rings is 2. The Balaban J connectivity index is 0.00000361. The molecule has 0 aromatic heterocycles. The number of rotatable bonds is 2. The molecule has 2 aromatic carbocycles. The maximum atomic E-state index is 11.2. The molecule has 1 saturated heterocycles. The topological polar surface area (TPSA) is 46.5 Å². The third-order valence-corrected chi connectivity index (χ3v) is 8.59. The van der Waals surface area contributed by atoms with E-state index in [1.54, 1.807) is 0 Å². The van der Waals surface area contributed by atoms with Crippen LogP contribution < -0.4 is 12.4 Å². The number of hydrogen-bond donors (Lipinski definition) is 2. The summed E-state index contributed by atoms with van der Waals surface area (Å²) >= 11 is 1.11. The van der Waals surface area contributed by atoms with Crippen molar-refractivity contribution in [3.63, 3.8) is 0 Å². The van der Waals surface area contributed by atoms with E-state index < -0.39 is 0 Å². The van der Waals surface area contributed by atoms with Crippen molar-refractivity contribution in [2.75, 3.05) is 0 Å². The molecule has 6 heteroatoms. The molecule has 0 amide bonds. The number of nitrogens with zero attached hydrogens (tertiary/aromatic N) is 2. The smallest absolute Gasteiger partial charge is 1.00 e. The van der Waals surface area contributed by atoms with Crippen LogP contribution in [-0.2, 0) is 26.0 Å². The molecule has 4 rings (SSSR count). The van der Waals surface area contributed by atoms with Crippen molar-refractivity contribution in [2.24, 2.45) is 0 Å². The van der Waals surface area contributed by atoms with Crippen LogP contribution in [-0.4, -0.2) is 42.0 Å². The van der Waals surface area contributed by atoms with Crippen LogP contribution in [0.3, 0.4) is 0 Å². The Kier molecular flexibility index (Phi) is 8.39. The van der Waals surface area contributed by atoms with Crippen LogP contribution >= 0.6 is 0 Å². The van der Waals surface area contributed by atoms with Gasteiger partial charge >= 0.3 is 218 Å². The van der Waals surface area contributed by atoms with Crippen molar-refractivity contribution < 1.29 is 45.0 Å². The number of phenols is 2. The Morgan fingerprint density at radius 3 is 1.42 bits per heavy atom. The van der Waals surface area contributed by atoms with E-state index in [-0.39, 0.29) is 23.2 Å². The van der Waals surface area contributed by atoms with E-state index in [0.717, 1.165) is 61.3 Å². The number of aryl methyl sites for hydroxylation is 2. The molecule has 2 aromatic rings. The van der Waals surface area contributed by atoms with Gasteiger partial charge in [-0.15, -0.1) is 0 Å². The van der Waals surface area contributed by atoms with E-state index in [4.69, 9.17) is 0 Å². The zero-order valence-corrected chi connectivity index (χ0v) is 24.7. The maximum Gasteiger partial charge on any atom is -1.00 e. The Labute approximate surface area is 230 Å². The van der Waals surface area contributed by atoms with Crippen LogP contribution in [0.4, 0.5) is 0 Å². The average molecular weight is 557 g/mol. The summed E-state index contributed by atoms with van der Waals surface area (Å²) < 4.78 is 4.77. The van der Waals surface area contributed by atoms with Crippen molar-refractivity contribution in [2.45, 2.75) is 104 Å². The minimum Gasteiger partial charge on any atom is -1.00 e. The first-order chi connectivity index (χ1) is 16.3. The molecule has 2 atom stereocenters. The summed E-state index contributed by atoms with van der Waals surface area (Å²) in [4.78, 5) is 0. The first-order valence-corrected chi connectivity index (χ1v) is 13.7. The zero-order chi connectivity index (χ0) is 25.7. The molecular formula is C30H42ClCoN2O2+. The van der Waals surface area contributed by atoms with Crippen LogP contribution in [0.25, 0.3) is 0 Å². The summed E-state index contributed by atoms with van der Waals surface area (Å²) in [5.41, 5.74) is 5.84. The third kappa shape index (κ3) is 5.84. The van der Waals surface area contributed by atoms with Gasteiger partial charge in [0.1, 0.15) is 0 Å². The molecule has 0 bridgehead atoms.